The molecular formula is C26H25N5O4. The lowest BCUT2D eigenvalue weighted by molar-refractivity contribution is 0.0988. The summed E-state index contributed by atoms with van der Waals surface area (Å²) in [5, 5.41) is 24.3. The number of amides is 2. The molecule has 4 aromatic rings. The average molecular weight is 472 g/mol. The van der Waals surface area contributed by atoms with Crippen LogP contribution in [0.3, 0.4) is 0 Å². The predicted octanol–water partition coefficient (Wildman–Crippen LogP) is 4.83. The van der Waals surface area contributed by atoms with Crippen molar-refractivity contribution in [3.05, 3.63) is 83.4 Å². The summed E-state index contributed by atoms with van der Waals surface area (Å²) in [6.45, 7) is 2.41. The zero-order valence-corrected chi connectivity index (χ0v) is 19.2. The number of phenols is 1. The third kappa shape index (κ3) is 4.65. The van der Waals surface area contributed by atoms with Gasteiger partial charge in [-0.1, -0.05) is 35.8 Å². The monoisotopic (exact) mass is 471 g/mol. The maximum Gasteiger partial charge on any atom is 0.342 e. The van der Waals surface area contributed by atoms with Crippen LogP contribution in [0.5, 0.6) is 5.75 Å². The smallest absolute Gasteiger partial charge is 0.342 e. The Bertz CT molecular complexity index is 1370. The molecule has 0 saturated heterocycles. The van der Waals surface area contributed by atoms with E-state index < -0.39 is 5.91 Å². The van der Waals surface area contributed by atoms with Gasteiger partial charge in [0.25, 0.3) is 5.91 Å². The van der Waals surface area contributed by atoms with Crippen molar-refractivity contribution < 1.29 is 19.2 Å². The molecule has 0 unspecified atom stereocenters. The van der Waals surface area contributed by atoms with Gasteiger partial charge in [0.05, 0.1) is 17.6 Å². The summed E-state index contributed by atoms with van der Waals surface area (Å²) in [6.07, 6.45) is 4.48. The highest BCUT2D eigenvalue weighted by Gasteiger charge is 2.27. The van der Waals surface area contributed by atoms with Crippen LogP contribution in [-0.2, 0) is 6.54 Å². The number of aromatic nitrogens is 3. The van der Waals surface area contributed by atoms with Gasteiger partial charge in [-0.25, -0.2) is 4.79 Å². The lowest BCUT2D eigenvalue weighted by atomic mass is 9.82. The Morgan fingerprint density at radius 1 is 1.14 bits per heavy atom. The highest BCUT2D eigenvalue weighted by atomic mass is 16.5. The van der Waals surface area contributed by atoms with Crippen molar-refractivity contribution in [2.24, 2.45) is 0 Å². The number of rotatable bonds is 6. The zero-order valence-electron chi connectivity index (χ0n) is 19.2. The number of anilines is 1. The molecule has 1 saturated carbocycles. The van der Waals surface area contributed by atoms with Gasteiger partial charge in [0.2, 0.25) is 5.76 Å². The number of benzene rings is 2. The number of hydrogen-bond donors (Lipinski definition) is 3. The quantitative estimate of drug-likeness (QED) is 0.370. The molecule has 0 aliphatic heterocycles. The Morgan fingerprint density at radius 3 is 2.66 bits per heavy atom. The first-order valence-electron chi connectivity index (χ1n) is 11.5. The minimum atomic E-state index is -0.475. The Labute approximate surface area is 201 Å². The van der Waals surface area contributed by atoms with Crippen LogP contribution in [0.4, 0.5) is 10.5 Å². The second-order valence-corrected chi connectivity index (χ2v) is 8.64. The minimum absolute atomic E-state index is 0.0640. The standard InChI is InChI=1S/C26H25N5O4/c1-16-5-2-3-6-18(16)15-27-26(34)31-22(17-7-4-8-17)14-21(30-31)20-10-9-19(13-23(20)32)29-25(33)24-11-12-28-35-24/h2-3,5-6,9-14,17,32H,4,7-8,15H2,1H3,(H,27,34)(H,29,33). The SMILES string of the molecule is Cc1ccccc1CNC(=O)n1nc(-c2ccc(NC(=O)c3ccno3)cc2O)cc1C1CCC1. The van der Waals surface area contributed by atoms with Crippen LogP contribution in [0.25, 0.3) is 11.3 Å². The van der Waals surface area contributed by atoms with E-state index >= 15 is 0 Å². The molecule has 2 aromatic carbocycles. The Balaban J connectivity index is 1.37. The highest BCUT2D eigenvalue weighted by Crippen LogP contribution is 2.39. The molecule has 1 fully saturated rings. The van der Waals surface area contributed by atoms with Crippen molar-refractivity contribution in [2.45, 2.75) is 38.6 Å². The maximum atomic E-state index is 13.1. The highest BCUT2D eigenvalue weighted by molar-refractivity contribution is 6.02. The van der Waals surface area contributed by atoms with Gasteiger partial charge in [0.1, 0.15) is 5.75 Å². The first-order valence-corrected chi connectivity index (χ1v) is 11.5. The fraction of sp³-hybridized carbons (Fsp3) is 0.231. The molecule has 5 rings (SSSR count). The van der Waals surface area contributed by atoms with Crippen molar-refractivity contribution in [1.82, 2.24) is 20.3 Å². The molecule has 1 aliphatic rings. The molecule has 9 nitrogen and oxygen atoms in total. The number of aryl methyl sites for hydroxylation is 1. The molecule has 35 heavy (non-hydrogen) atoms. The van der Waals surface area contributed by atoms with Crippen LogP contribution in [0.1, 0.15) is 52.6 Å². The van der Waals surface area contributed by atoms with Gasteiger partial charge < -0.3 is 20.3 Å². The van der Waals surface area contributed by atoms with Crippen molar-refractivity contribution >= 4 is 17.6 Å². The van der Waals surface area contributed by atoms with Crippen LogP contribution in [0.2, 0.25) is 0 Å². The predicted molar refractivity (Wildman–Crippen MR) is 129 cm³/mol. The number of phenolic OH excluding ortho intramolecular Hbond substituents is 1. The van der Waals surface area contributed by atoms with Crippen molar-refractivity contribution in [3.8, 4) is 17.0 Å². The van der Waals surface area contributed by atoms with E-state index in [9.17, 15) is 14.7 Å². The molecule has 2 heterocycles. The topological polar surface area (TPSA) is 122 Å². The van der Waals surface area contributed by atoms with E-state index in [1.54, 1.807) is 12.1 Å². The van der Waals surface area contributed by atoms with Crippen LogP contribution in [-0.4, -0.2) is 32.0 Å². The molecule has 1 aliphatic carbocycles. The van der Waals surface area contributed by atoms with Crippen LogP contribution in [0.15, 0.2) is 65.3 Å². The normalized spacial score (nSPS) is 13.3. The molecule has 2 amide bonds. The summed E-state index contributed by atoms with van der Waals surface area (Å²) in [7, 11) is 0. The molecular weight excluding hydrogens is 446 g/mol. The lowest BCUT2D eigenvalue weighted by Crippen LogP contribution is -2.31. The van der Waals surface area contributed by atoms with E-state index in [4.69, 9.17) is 4.52 Å². The van der Waals surface area contributed by atoms with Gasteiger partial charge in [-0.3, -0.25) is 4.79 Å². The number of carbonyl (C=O) groups excluding carboxylic acids is 2. The van der Waals surface area contributed by atoms with E-state index in [0.717, 1.165) is 36.1 Å². The van der Waals surface area contributed by atoms with E-state index in [1.807, 2.05) is 37.3 Å². The van der Waals surface area contributed by atoms with Gasteiger partial charge in [-0.15, -0.1) is 0 Å². The summed E-state index contributed by atoms with van der Waals surface area (Å²) >= 11 is 0. The molecule has 3 N–H and O–H groups in total. The number of nitrogens with one attached hydrogen (secondary N) is 2. The number of hydrogen-bond acceptors (Lipinski definition) is 6. The minimum Gasteiger partial charge on any atom is -0.507 e. The summed E-state index contributed by atoms with van der Waals surface area (Å²) in [5.41, 5.74) is 4.32. The second kappa shape index (κ2) is 9.46. The lowest BCUT2D eigenvalue weighted by Gasteiger charge is -2.25. The van der Waals surface area contributed by atoms with Crippen LogP contribution in [0, 0.1) is 6.92 Å². The fourth-order valence-electron chi connectivity index (χ4n) is 4.09. The van der Waals surface area contributed by atoms with Crippen molar-refractivity contribution in [3.63, 3.8) is 0 Å². The van der Waals surface area contributed by atoms with E-state index in [2.05, 4.69) is 20.9 Å². The van der Waals surface area contributed by atoms with Crippen molar-refractivity contribution in [2.75, 3.05) is 5.32 Å². The molecule has 0 spiro atoms. The van der Waals surface area contributed by atoms with Gasteiger partial charge >= 0.3 is 6.03 Å². The number of aromatic hydroxyl groups is 1. The zero-order chi connectivity index (χ0) is 24.4. The fourth-order valence-corrected chi connectivity index (χ4v) is 4.09. The summed E-state index contributed by atoms with van der Waals surface area (Å²) in [4.78, 5) is 25.3. The maximum absolute atomic E-state index is 13.1. The van der Waals surface area contributed by atoms with Gasteiger partial charge in [-0.2, -0.15) is 9.78 Å². The third-order valence-corrected chi connectivity index (χ3v) is 6.34. The molecule has 178 valence electrons. The average Bonchev–Trinajstić information content (AvgIpc) is 3.48. The van der Waals surface area contributed by atoms with Gasteiger partial charge in [0, 0.05) is 35.8 Å². The number of carbonyl (C=O) groups is 2. The van der Waals surface area contributed by atoms with Gasteiger partial charge in [-0.05, 0) is 49.1 Å². The first-order chi connectivity index (χ1) is 17.0. The molecule has 9 heteroatoms. The summed E-state index contributed by atoms with van der Waals surface area (Å²) in [6, 6.07) is 15.7. The molecule has 0 bridgehead atoms. The van der Waals surface area contributed by atoms with E-state index in [0.29, 0.717) is 23.5 Å². The van der Waals surface area contributed by atoms with Crippen molar-refractivity contribution in [1.29, 1.82) is 0 Å². The Kier molecular flexibility index (Phi) is 6.05. The van der Waals surface area contributed by atoms with E-state index in [-0.39, 0.29) is 23.5 Å². The van der Waals surface area contributed by atoms with Crippen LogP contribution >= 0.6 is 0 Å². The summed E-state index contributed by atoms with van der Waals surface area (Å²) in [5.74, 6) is -0.223. The largest absolute Gasteiger partial charge is 0.507 e. The Hall–Kier alpha value is -4.40. The molecule has 2 aromatic heterocycles. The summed E-state index contributed by atoms with van der Waals surface area (Å²) < 4.78 is 6.26. The van der Waals surface area contributed by atoms with Gasteiger partial charge in [0.15, 0.2) is 0 Å². The van der Waals surface area contributed by atoms with Crippen LogP contribution < -0.4 is 10.6 Å². The second-order valence-electron chi connectivity index (χ2n) is 8.64. The Morgan fingerprint density at radius 2 is 1.97 bits per heavy atom. The third-order valence-electron chi connectivity index (χ3n) is 6.34. The molecule has 0 radical (unpaired) electrons. The molecule has 0 atom stereocenters. The first kappa shape index (κ1) is 22.4. The van der Waals surface area contributed by atoms with E-state index in [1.165, 1.54) is 23.0 Å². The number of nitrogens with zero attached hydrogens (tertiary/aromatic N) is 3.